The first-order valence-electron chi connectivity index (χ1n) is 10.9. The summed E-state index contributed by atoms with van der Waals surface area (Å²) in [7, 11) is 0. The van der Waals surface area contributed by atoms with E-state index in [1.165, 1.54) is 44.9 Å². The molecule has 0 rings (SSSR count). The predicted octanol–water partition coefficient (Wildman–Crippen LogP) is 6.35. The van der Waals surface area contributed by atoms with E-state index in [9.17, 15) is 9.59 Å². The summed E-state index contributed by atoms with van der Waals surface area (Å²) in [5, 5.41) is 0. The van der Waals surface area contributed by atoms with Gasteiger partial charge in [0.25, 0.3) is 0 Å². The van der Waals surface area contributed by atoms with Crippen molar-refractivity contribution in [3.8, 4) is 0 Å². The van der Waals surface area contributed by atoms with E-state index in [1.807, 2.05) is 6.92 Å². The Labute approximate surface area is 161 Å². The van der Waals surface area contributed by atoms with Gasteiger partial charge in [0.05, 0.1) is 12.7 Å². The average Bonchev–Trinajstić information content (AvgIpc) is 2.60. The molecule has 0 saturated carbocycles. The lowest BCUT2D eigenvalue weighted by Crippen LogP contribution is -2.14. The fourth-order valence-corrected chi connectivity index (χ4v) is 2.96. The van der Waals surface area contributed by atoms with Gasteiger partial charge >= 0.3 is 11.9 Å². The topological polar surface area (TPSA) is 52.6 Å². The number of hydrogen-bond acceptors (Lipinski definition) is 4. The van der Waals surface area contributed by atoms with Crippen molar-refractivity contribution in [3.63, 3.8) is 0 Å². The van der Waals surface area contributed by atoms with Crippen LogP contribution in [-0.4, -0.2) is 24.6 Å². The van der Waals surface area contributed by atoms with Gasteiger partial charge in [-0.25, -0.2) is 0 Å². The van der Waals surface area contributed by atoms with E-state index >= 15 is 0 Å². The maximum atomic E-state index is 11.6. The summed E-state index contributed by atoms with van der Waals surface area (Å²) < 4.78 is 10.5. The number of esters is 2. The van der Waals surface area contributed by atoms with E-state index in [1.54, 1.807) is 0 Å². The van der Waals surface area contributed by atoms with Gasteiger partial charge in [0.2, 0.25) is 0 Å². The van der Waals surface area contributed by atoms with Crippen LogP contribution in [0.2, 0.25) is 0 Å². The maximum absolute atomic E-state index is 11.6. The van der Waals surface area contributed by atoms with E-state index in [4.69, 9.17) is 9.47 Å². The van der Waals surface area contributed by atoms with Crippen LogP contribution in [0, 0.1) is 0 Å². The normalized spacial score (nSPS) is 12.0. The quantitative estimate of drug-likeness (QED) is 0.208. The Morgan fingerprint density at radius 1 is 0.692 bits per heavy atom. The molecule has 0 aliphatic rings. The van der Waals surface area contributed by atoms with Gasteiger partial charge < -0.3 is 9.47 Å². The van der Waals surface area contributed by atoms with Crippen molar-refractivity contribution in [1.29, 1.82) is 0 Å². The van der Waals surface area contributed by atoms with Crippen molar-refractivity contribution in [2.75, 3.05) is 6.61 Å². The summed E-state index contributed by atoms with van der Waals surface area (Å²) in [6.45, 7) is 6.77. The second-order valence-corrected chi connectivity index (χ2v) is 7.35. The molecule has 26 heavy (non-hydrogen) atoms. The van der Waals surface area contributed by atoms with Crippen molar-refractivity contribution in [2.24, 2.45) is 0 Å². The zero-order valence-electron chi connectivity index (χ0n) is 17.5. The van der Waals surface area contributed by atoms with Gasteiger partial charge in [-0.1, -0.05) is 71.6 Å². The Bertz CT molecular complexity index is 341. The lowest BCUT2D eigenvalue weighted by Gasteiger charge is -2.11. The summed E-state index contributed by atoms with van der Waals surface area (Å²) in [5.41, 5.74) is 0. The second kappa shape index (κ2) is 18.7. The van der Waals surface area contributed by atoms with Crippen LogP contribution in [0.4, 0.5) is 0 Å². The Morgan fingerprint density at radius 2 is 1.23 bits per heavy atom. The molecule has 0 radical (unpaired) electrons. The number of carbonyl (C=O) groups excluding carboxylic acids is 2. The minimum absolute atomic E-state index is 0.00574. The fourth-order valence-electron chi connectivity index (χ4n) is 2.96. The molecule has 0 bridgehead atoms. The molecular weight excluding hydrogens is 328 g/mol. The molecular formula is C22H42O4. The highest BCUT2D eigenvalue weighted by molar-refractivity contribution is 5.70. The zero-order chi connectivity index (χ0) is 19.5. The van der Waals surface area contributed by atoms with Crippen LogP contribution >= 0.6 is 0 Å². The standard InChI is InChI=1S/C22H42O4/c1-4-6-7-8-9-10-11-12-15-19-25-21(23)17-13-14-18-22(24)26-20(3)16-5-2/h20H,4-19H2,1-3H3. The third-order valence-electron chi connectivity index (χ3n) is 4.55. The third kappa shape index (κ3) is 17.8. The van der Waals surface area contributed by atoms with Crippen molar-refractivity contribution < 1.29 is 19.1 Å². The minimum Gasteiger partial charge on any atom is -0.466 e. The van der Waals surface area contributed by atoms with Gasteiger partial charge in [0, 0.05) is 12.8 Å². The molecule has 4 heteroatoms. The first-order chi connectivity index (χ1) is 12.6. The lowest BCUT2D eigenvalue weighted by molar-refractivity contribution is -0.149. The molecule has 0 aliphatic heterocycles. The second-order valence-electron chi connectivity index (χ2n) is 7.35. The predicted molar refractivity (Wildman–Crippen MR) is 107 cm³/mol. The molecule has 154 valence electrons. The summed E-state index contributed by atoms with van der Waals surface area (Å²) in [5.74, 6) is -0.300. The number of rotatable bonds is 18. The monoisotopic (exact) mass is 370 g/mol. The Kier molecular flexibility index (Phi) is 18.0. The Hall–Kier alpha value is -1.06. The summed E-state index contributed by atoms with van der Waals surface area (Å²) in [6, 6.07) is 0. The number of unbranched alkanes of at least 4 members (excludes halogenated alkanes) is 9. The summed E-state index contributed by atoms with van der Waals surface area (Å²) in [4.78, 5) is 23.3. The van der Waals surface area contributed by atoms with Crippen LogP contribution in [0.25, 0.3) is 0 Å². The largest absolute Gasteiger partial charge is 0.466 e. The highest BCUT2D eigenvalue weighted by atomic mass is 16.5. The molecule has 0 spiro atoms. The molecule has 0 N–H and O–H groups in total. The molecule has 0 aromatic rings. The number of carbonyl (C=O) groups is 2. The van der Waals surface area contributed by atoms with E-state index in [0.717, 1.165) is 25.7 Å². The van der Waals surface area contributed by atoms with Crippen molar-refractivity contribution in [2.45, 2.75) is 123 Å². The Morgan fingerprint density at radius 3 is 1.81 bits per heavy atom. The molecule has 0 aromatic carbocycles. The lowest BCUT2D eigenvalue weighted by atomic mass is 10.1. The molecule has 0 aliphatic carbocycles. The summed E-state index contributed by atoms with van der Waals surface area (Å²) in [6.07, 6.45) is 15.4. The molecule has 0 amide bonds. The maximum Gasteiger partial charge on any atom is 0.306 e. The number of hydrogen-bond donors (Lipinski definition) is 0. The highest BCUT2D eigenvalue weighted by Crippen LogP contribution is 2.10. The molecule has 1 unspecified atom stereocenters. The molecule has 0 saturated heterocycles. The molecule has 0 fully saturated rings. The smallest absolute Gasteiger partial charge is 0.306 e. The van der Waals surface area contributed by atoms with Crippen LogP contribution in [0.5, 0.6) is 0 Å². The van der Waals surface area contributed by atoms with E-state index in [0.29, 0.717) is 32.3 Å². The van der Waals surface area contributed by atoms with Crippen LogP contribution in [-0.2, 0) is 19.1 Å². The minimum atomic E-state index is -0.158. The Balaban J connectivity index is 3.35. The van der Waals surface area contributed by atoms with Crippen LogP contribution in [0.1, 0.15) is 117 Å². The van der Waals surface area contributed by atoms with E-state index < -0.39 is 0 Å². The van der Waals surface area contributed by atoms with Crippen molar-refractivity contribution >= 4 is 11.9 Å². The van der Waals surface area contributed by atoms with Gasteiger partial charge in [0.1, 0.15) is 0 Å². The van der Waals surface area contributed by atoms with Crippen LogP contribution in [0.15, 0.2) is 0 Å². The van der Waals surface area contributed by atoms with Crippen LogP contribution in [0.3, 0.4) is 0 Å². The SMILES string of the molecule is CCCCCCCCCCCOC(=O)CCCCC(=O)OC(C)CCC. The van der Waals surface area contributed by atoms with Gasteiger partial charge in [0.15, 0.2) is 0 Å². The molecule has 0 aromatic heterocycles. The first-order valence-corrected chi connectivity index (χ1v) is 10.9. The fraction of sp³-hybridized carbons (Fsp3) is 0.909. The van der Waals surface area contributed by atoms with Gasteiger partial charge in [-0.3, -0.25) is 9.59 Å². The molecule has 1 atom stereocenters. The average molecular weight is 371 g/mol. The zero-order valence-corrected chi connectivity index (χ0v) is 17.5. The van der Waals surface area contributed by atoms with Gasteiger partial charge in [-0.05, 0) is 32.6 Å². The van der Waals surface area contributed by atoms with Gasteiger partial charge in [-0.2, -0.15) is 0 Å². The molecule has 0 heterocycles. The summed E-state index contributed by atoms with van der Waals surface area (Å²) >= 11 is 0. The highest BCUT2D eigenvalue weighted by Gasteiger charge is 2.09. The van der Waals surface area contributed by atoms with E-state index in [-0.39, 0.29) is 18.0 Å². The van der Waals surface area contributed by atoms with Gasteiger partial charge in [-0.15, -0.1) is 0 Å². The third-order valence-corrected chi connectivity index (χ3v) is 4.55. The van der Waals surface area contributed by atoms with Crippen LogP contribution < -0.4 is 0 Å². The first kappa shape index (κ1) is 24.9. The van der Waals surface area contributed by atoms with Crippen molar-refractivity contribution in [1.82, 2.24) is 0 Å². The number of ether oxygens (including phenoxy) is 2. The van der Waals surface area contributed by atoms with E-state index in [2.05, 4.69) is 13.8 Å². The van der Waals surface area contributed by atoms with Crippen molar-refractivity contribution in [3.05, 3.63) is 0 Å². The molecule has 4 nitrogen and oxygen atoms in total.